The van der Waals surface area contributed by atoms with Crippen LogP contribution >= 0.6 is 11.3 Å². The van der Waals surface area contributed by atoms with Crippen LogP contribution in [0.3, 0.4) is 0 Å². The van der Waals surface area contributed by atoms with Crippen LogP contribution in [0.25, 0.3) is 21.3 Å². The lowest BCUT2D eigenvalue weighted by Crippen LogP contribution is -2.30. The van der Waals surface area contributed by atoms with Crippen molar-refractivity contribution < 1.29 is 19.2 Å². The van der Waals surface area contributed by atoms with Gasteiger partial charge in [-0.1, -0.05) is 22.6 Å². The number of fused-ring (bicyclic) bond motifs is 1. The highest BCUT2D eigenvalue weighted by atomic mass is 32.1. The monoisotopic (exact) mass is 400 g/mol. The Hall–Kier alpha value is -2.94. The number of thiazole rings is 1. The number of hydrogen-bond acceptors (Lipinski definition) is 6. The van der Waals surface area contributed by atoms with Crippen LogP contribution in [0, 0.1) is 26.7 Å². The molecule has 9 heteroatoms. The van der Waals surface area contributed by atoms with Crippen LogP contribution in [0.1, 0.15) is 23.4 Å². The first-order chi connectivity index (χ1) is 13.3. The number of anilines is 1. The number of carbonyl (C=O) groups excluding carboxylic acids is 1. The van der Waals surface area contributed by atoms with Gasteiger partial charge in [-0.05, 0) is 44.4 Å². The fourth-order valence-electron chi connectivity index (χ4n) is 3.67. The minimum Gasteiger partial charge on any atom is -0.465 e. The predicted molar refractivity (Wildman–Crippen MR) is 106 cm³/mol. The summed E-state index contributed by atoms with van der Waals surface area (Å²) in [5, 5.41) is 16.5. The van der Waals surface area contributed by atoms with Gasteiger partial charge in [-0.15, -0.1) is 0 Å². The van der Waals surface area contributed by atoms with E-state index in [1.807, 2.05) is 32.9 Å². The number of hydrogen-bond donors (Lipinski definition) is 2. The molecule has 8 nitrogen and oxygen atoms in total. The third-order valence-corrected chi connectivity index (χ3v) is 6.27. The van der Waals surface area contributed by atoms with Gasteiger partial charge in [0.15, 0.2) is 5.13 Å². The van der Waals surface area contributed by atoms with Gasteiger partial charge in [-0.3, -0.25) is 4.79 Å². The van der Waals surface area contributed by atoms with Crippen LogP contribution in [0.15, 0.2) is 16.7 Å². The molecule has 4 rings (SSSR count). The zero-order chi connectivity index (χ0) is 20.0. The van der Waals surface area contributed by atoms with Crippen LogP contribution in [0.5, 0.6) is 0 Å². The largest absolute Gasteiger partial charge is 0.465 e. The van der Waals surface area contributed by atoms with E-state index < -0.39 is 6.09 Å². The van der Waals surface area contributed by atoms with E-state index in [0.717, 1.165) is 38.4 Å². The molecule has 1 fully saturated rings. The molecule has 0 spiro atoms. The Morgan fingerprint density at radius 2 is 2.11 bits per heavy atom. The molecular weight excluding hydrogens is 380 g/mol. The Bertz CT molecular complexity index is 1070. The number of likely N-dealkylation sites (tertiary alicyclic amines) is 1. The van der Waals surface area contributed by atoms with Crippen molar-refractivity contribution in [2.75, 3.05) is 18.4 Å². The first-order valence-electron chi connectivity index (χ1n) is 8.97. The standard InChI is InChI=1S/C19H20N4O4S/c1-9-13(15-10(2)22-27-11(15)3)4-5-14-16(9)28-18(20-14)21-17(24)12-6-7-23(8-12)19(25)26/h4-5,12H,6-8H2,1-3H3,(H,25,26)(H,20,21,24)/t12-/m0/s1. The Morgan fingerprint density at radius 3 is 2.75 bits per heavy atom. The Labute approximate surface area is 165 Å². The fourth-order valence-corrected chi connectivity index (χ4v) is 4.64. The number of aryl methyl sites for hydroxylation is 3. The quantitative estimate of drug-likeness (QED) is 0.692. The second-order valence-corrected chi connectivity index (χ2v) is 8.01. The molecular formula is C19H20N4O4S. The lowest BCUT2D eigenvalue weighted by molar-refractivity contribution is -0.119. The third kappa shape index (κ3) is 3.11. The summed E-state index contributed by atoms with van der Waals surface area (Å²) in [6, 6.07) is 3.93. The summed E-state index contributed by atoms with van der Waals surface area (Å²) in [5.41, 5.74) is 4.73. The highest BCUT2D eigenvalue weighted by Crippen LogP contribution is 2.37. The van der Waals surface area contributed by atoms with E-state index in [0.29, 0.717) is 18.1 Å². The van der Waals surface area contributed by atoms with Crippen molar-refractivity contribution in [3.05, 3.63) is 29.2 Å². The zero-order valence-electron chi connectivity index (χ0n) is 15.8. The Balaban J connectivity index is 1.60. The number of carboxylic acid groups (broad SMARTS) is 1. The third-order valence-electron chi connectivity index (χ3n) is 5.17. The van der Waals surface area contributed by atoms with Crippen LogP contribution in [-0.4, -0.2) is 45.2 Å². The van der Waals surface area contributed by atoms with Crippen molar-refractivity contribution in [1.82, 2.24) is 15.0 Å². The molecule has 1 aliphatic rings. The number of amides is 2. The summed E-state index contributed by atoms with van der Waals surface area (Å²) < 4.78 is 6.28. The van der Waals surface area contributed by atoms with Gasteiger partial charge >= 0.3 is 6.09 Å². The SMILES string of the molecule is Cc1noc(C)c1-c1ccc2nc(NC(=O)[C@H]3CCN(C(=O)O)C3)sc2c1C. The maximum Gasteiger partial charge on any atom is 0.407 e. The zero-order valence-corrected chi connectivity index (χ0v) is 16.6. The summed E-state index contributed by atoms with van der Waals surface area (Å²) >= 11 is 1.42. The number of rotatable bonds is 3. The second kappa shape index (κ2) is 6.90. The summed E-state index contributed by atoms with van der Waals surface area (Å²) in [6.45, 7) is 6.43. The van der Waals surface area contributed by atoms with Crippen molar-refractivity contribution in [2.45, 2.75) is 27.2 Å². The number of benzene rings is 1. The first-order valence-corrected chi connectivity index (χ1v) is 9.79. The lowest BCUT2D eigenvalue weighted by Gasteiger charge is -2.11. The molecule has 2 aromatic heterocycles. The molecule has 1 aromatic carbocycles. The minimum atomic E-state index is -0.988. The maximum atomic E-state index is 12.5. The van der Waals surface area contributed by atoms with Crippen molar-refractivity contribution >= 4 is 38.7 Å². The van der Waals surface area contributed by atoms with E-state index in [1.54, 1.807) is 0 Å². The molecule has 0 aliphatic carbocycles. The number of nitrogens with zero attached hydrogens (tertiary/aromatic N) is 3. The van der Waals surface area contributed by atoms with Crippen LogP contribution in [-0.2, 0) is 4.79 Å². The average Bonchev–Trinajstić information content (AvgIpc) is 3.35. The van der Waals surface area contributed by atoms with Crippen molar-refractivity contribution in [3.63, 3.8) is 0 Å². The molecule has 28 heavy (non-hydrogen) atoms. The van der Waals surface area contributed by atoms with E-state index in [-0.39, 0.29) is 18.4 Å². The van der Waals surface area contributed by atoms with Crippen LogP contribution < -0.4 is 5.32 Å². The number of nitrogens with one attached hydrogen (secondary N) is 1. The first kappa shape index (κ1) is 18.4. The average molecular weight is 400 g/mol. The van der Waals surface area contributed by atoms with E-state index >= 15 is 0 Å². The lowest BCUT2D eigenvalue weighted by atomic mass is 9.99. The van der Waals surface area contributed by atoms with Gasteiger partial charge in [0.05, 0.1) is 21.8 Å². The molecule has 0 radical (unpaired) electrons. The van der Waals surface area contributed by atoms with Gasteiger partial charge < -0.3 is 19.8 Å². The molecule has 3 aromatic rings. The molecule has 146 valence electrons. The van der Waals surface area contributed by atoms with Crippen molar-refractivity contribution in [2.24, 2.45) is 5.92 Å². The topological polar surface area (TPSA) is 109 Å². The normalized spacial score (nSPS) is 16.7. The summed E-state index contributed by atoms with van der Waals surface area (Å²) in [4.78, 5) is 29.3. The highest BCUT2D eigenvalue weighted by molar-refractivity contribution is 7.22. The van der Waals surface area contributed by atoms with Gasteiger partial charge in [0, 0.05) is 18.7 Å². The van der Waals surface area contributed by atoms with Gasteiger partial charge in [0.1, 0.15) is 5.76 Å². The molecule has 2 amide bonds. The highest BCUT2D eigenvalue weighted by Gasteiger charge is 2.31. The Morgan fingerprint density at radius 1 is 1.32 bits per heavy atom. The van der Waals surface area contributed by atoms with E-state index in [2.05, 4.69) is 15.5 Å². The molecule has 3 heterocycles. The molecule has 0 bridgehead atoms. The molecule has 2 N–H and O–H groups in total. The molecule has 1 atom stereocenters. The molecule has 1 saturated heterocycles. The van der Waals surface area contributed by atoms with Gasteiger partial charge in [-0.2, -0.15) is 0 Å². The second-order valence-electron chi connectivity index (χ2n) is 7.01. The summed E-state index contributed by atoms with van der Waals surface area (Å²) in [5.74, 6) is 0.232. The summed E-state index contributed by atoms with van der Waals surface area (Å²) in [7, 11) is 0. The molecule has 0 unspecified atom stereocenters. The Kier molecular flexibility index (Phi) is 4.54. The number of aromatic nitrogens is 2. The smallest absolute Gasteiger partial charge is 0.407 e. The maximum absolute atomic E-state index is 12.5. The van der Waals surface area contributed by atoms with Gasteiger partial charge in [0.2, 0.25) is 5.91 Å². The van der Waals surface area contributed by atoms with Crippen molar-refractivity contribution in [1.29, 1.82) is 0 Å². The van der Waals surface area contributed by atoms with E-state index in [9.17, 15) is 9.59 Å². The van der Waals surface area contributed by atoms with Gasteiger partial charge in [0.25, 0.3) is 0 Å². The molecule has 1 aliphatic heterocycles. The van der Waals surface area contributed by atoms with Crippen molar-refractivity contribution in [3.8, 4) is 11.1 Å². The van der Waals surface area contributed by atoms with E-state index in [4.69, 9.17) is 9.63 Å². The van der Waals surface area contributed by atoms with Crippen LogP contribution in [0.2, 0.25) is 0 Å². The van der Waals surface area contributed by atoms with E-state index in [1.165, 1.54) is 16.2 Å². The summed E-state index contributed by atoms with van der Waals surface area (Å²) in [6.07, 6.45) is -0.462. The predicted octanol–water partition coefficient (Wildman–Crippen LogP) is 3.81. The molecule has 0 saturated carbocycles. The van der Waals surface area contributed by atoms with Gasteiger partial charge in [-0.25, -0.2) is 9.78 Å². The fraction of sp³-hybridized carbons (Fsp3) is 0.368. The minimum absolute atomic E-state index is 0.189. The van der Waals surface area contributed by atoms with Crippen LogP contribution in [0.4, 0.5) is 9.93 Å². The number of carbonyl (C=O) groups is 2.